The Morgan fingerprint density at radius 3 is 1.85 bits per heavy atom. The first-order valence-corrected chi connectivity index (χ1v) is 13.1. The van der Waals surface area contributed by atoms with Crippen LogP contribution in [0.15, 0.2) is 60.9 Å². The Morgan fingerprint density at radius 2 is 1.33 bits per heavy atom. The van der Waals surface area contributed by atoms with Gasteiger partial charge >= 0.3 is 0 Å². The summed E-state index contributed by atoms with van der Waals surface area (Å²) in [5, 5.41) is 18.2. The molecule has 3 N–H and O–H groups in total. The van der Waals surface area contributed by atoms with Gasteiger partial charge < -0.3 is 10.0 Å². The van der Waals surface area contributed by atoms with E-state index in [2.05, 4.69) is 9.97 Å². The predicted molar refractivity (Wildman–Crippen MR) is 143 cm³/mol. The van der Waals surface area contributed by atoms with Crippen LogP contribution in [0.1, 0.15) is 72.3 Å². The van der Waals surface area contributed by atoms with Gasteiger partial charge in [0.05, 0.1) is 12.2 Å². The summed E-state index contributed by atoms with van der Waals surface area (Å²) in [6.07, 6.45) is 7.57. The second-order valence-corrected chi connectivity index (χ2v) is 9.32. The molecule has 0 atom stereocenters. The van der Waals surface area contributed by atoms with Crippen LogP contribution in [-0.4, -0.2) is 51.7 Å². The van der Waals surface area contributed by atoms with E-state index in [1.165, 1.54) is 36.7 Å². The number of aliphatic hydroxyl groups is 1. The summed E-state index contributed by atoms with van der Waals surface area (Å²) in [6.45, 7) is 0.408. The number of nitrogens with zero attached hydrogens (tertiary/aromatic N) is 3. The number of benzene rings is 2. The number of hydrogen-bond acceptors (Lipinski definition) is 7. The van der Waals surface area contributed by atoms with Crippen molar-refractivity contribution in [2.45, 2.75) is 50.9 Å². The molecule has 2 aromatic carbocycles. The van der Waals surface area contributed by atoms with Gasteiger partial charge in [-0.3, -0.25) is 14.8 Å². The third-order valence-electron chi connectivity index (χ3n) is 6.49. The van der Waals surface area contributed by atoms with Gasteiger partial charge in [-0.05, 0) is 48.2 Å². The number of unbranched alkanes of at least 4 members (excludes halogenated alkanes) is 4. The predicted octanol–water partition coefficient (Wildman–Crippen LogP) is 4.80. The number of aromatic nitrogens is 2. The molecule has 208 valence electrons. The molecule has 0 aliphatic rings. The highest BCUT2D eigenvalue weighted by Gasteiger charge is 2.21. The summed E-state index contributed by atoms with van der Waals surface area (Å²) >= 11 is 0. The van der Waals surface area contributed by atoms with Crippen LogP contribution in [0.25, 0.3) is 0 Å². The number of Topliss-reactive ketones (excluding diaryl/α,β-unsaturated/α-hetero) is 1. The van der Waals surface area contributed by atoms with Crippen LogP contribution in [0, 0.1) is 11.6 Å². The molecule has 0 aliphatic heterocycles. The maximum Gasteiger partial charge on any atom is 0.243 e. The molecule has 0 radical (unpaired) electrons. The second-order valence-electron chi connectivity index (χ2n) is 9.32. The lowest BCUT2D eigenvalue weighted by Crippen LogP contribution is -2.33. The van der Waals surface area contributed by atoms with E-state index in [1.54, 1.807) is 34.6 Å². The summed E-state index contributed by atoms with van der Waals surface area (Å²) in [7, 11) is 0. The lowest BCUT2D eigenvalue weighted by Gasteiger charge is -2.28. The van der Waals surface area contributed by atoms with Crippen molar-refractivity contribution < 1.29 is 28.7 Å². The fourth-order valence-corrected chi connectivity index (χ4v) is 4.34. The highest BCUT2D eigenvalue weighted by molar-refractivity contribution is 5.95. The molecule has 1 heterocycles. The number of hydroxylamine groups is 1. The molecule has 0 unspecified atom stereocenters. The van der Waals surface area contributed by atoms with Gasteiger partial charge in [0, 0.05) is 44.2 Å². The third kappa shape index (κ3) is 9.49. The van der Waals surface area contributed by atoms with Crippen molar-refractivity contribution in [3.8, 4) is 0 Å². The smallest absolute Gasteiger partial charge is 0.243 e. The maximum absolute atomic E-state index is 13.6. The number of halogens is 2. The van der Waals surface area contributed by atoms with Crippen LogP contribution >= 0.6 is 0 Å². The first kappa shape index (κ1) is 29.8. The minimum atomic E-state index is -0.396. The number of carbonyl (C=O) groups excluding carboxylic acids is 2. The van der Waals surface area contributed by atoms with Gasteiger partial charge in [0.2, 0.25) is 11.9 Å². The van der Waals surface area contributed by atoms with Gasteiger partial charge in [0.25, 0.3) is 0 Å². The number of anilines is 1. The van der Waals surface area contributed by atoms with Crippen molar-refractivity contribution in [3.63, 3.8) is 0 Å². The molecule has 0 aliphatic carbocycles. The van der Waals surface area contributed by atoms with E-state index in [9.17, 15) is 23.5 Å². The summed E-state index contributed by atoms with van der Waals surface area (Å²) in [5.41, 5.74) is 3.64. The molecule has 8 nitrogen and oxygen atoms in total. The Balaban J connectivity index is 1.63. The van der Waals surface area contributed by atoms with Crippen LogP contribution in [0.4, 0.5) is 14.7 Å². The van der Waals surface area contributed by atoms with Gasteiger partial charge in [0.15, 0.2) is 5.78 Å². The Labute approximate surface area is 226 Å². The minimum absolute atomic E-state index is 0.0644. The molecule has 0 saturated heterocycles. The molecular formula is C29H34F2N4O4. The topological polar surface area (TPSA) is 116 Å². The zero-order valence-electron chi connectivity index (χ0n) is 21.7. The first-order chi connectivity index (χ1) is 18.9. The molecule has 0 fully saturated rings. The molecular weight excluding hydrogens is 506 g/mol. The molecule has 0 saturated carbocycles. The number of nitrogens with one attached hydrogen (secondary N) is 1. The standard InChI is InChI=1S/C29H34F2N4O4/c30-24-12-8-21(9-13-24)26(22-10-14-25(31)15-11-22)20-35(16-17-36)29-32-18-23(19-33-29)27(37)6-4-2-1-3-5-7-28(38)34-39/h8-15,18-19,26,36,39H,1-7,16-17,20H2,(H,34,38). The van der Waals surface area contributed by atoms with E-state index in [1.807, 2.05) is 0 Å². The fraction of sp³-hybridized carbons (Fsp3) is 0.379. The molecule has 0 bridgehead atoms. The maximum atomic E-state index is 13.6. The Morgan fingerprint density at radius 1 is 0.821 bits per heavy atom. The Hall–Kier alpha value is -3.76. The summed E-state index contributed by atoms with van der Waals surface area (Å²) in [5.74, 6) is -1.13. The van der Waals surface area contributed by atoms with E-state index in [0.717, 1.165) is 30.4 Å². The summed E-state index contributed by atoms with van der Waals surface area (Å²) < 4.78 is 27.2. The van der Waals surface area contributed by atoms with E-state index >= 15 is 0 Å². The van der Waals surface area contributed by atoms with Gasteiger partial charge in [-0.25, -0.2) is 24.2 Å². The zero-order valence-corrected chi connectivity index (χ0v) is 21.7. The monoisotopic (exact) mass is 540 g/mol. The van der Waals surface area contributed by atoms with E-state index < -0.39 is 5.91 Å². The highest BCUT2D eigenvalue weighted by Crippen LogP contribution is 2.27. The van der Waals surface area contributed by atoms with Crippen molar-refractivity contribution in [2.75, 3.05) is 24.6 Å². The molecule has 1 aromatic heterocycles. The molecule has 10 heteroatoms. The summed E-state index contributed by atoms with van der Waals surface area (Å²) in [6, 6.07) is 12.2. The Kier molecular flexibility index (Phi) is 11.9. The van der Waals surface area contributed by atoms with Crippen molar-refractivity contribution in [1.82, 2.24) is 15.4 Å². The van der Waals surface area contributed by atoms with Crippen molar-refractivity contribution in [3.05, 3.63) is 89.2 Å². The minimum Gasteiger partial charge on any atom is -0.395 e. The molecule has 1 amide bonds. The number of amides is 1. The molecule has 3 aromatic rings. The third-order valence-corrected chi connectivity index (χ3v) is 6.49. The van der Waals surface area contributed by atoms with Gasteiger partial charge in [-0.2, -0.15) is 0 Å². The van der Waals surface area contributed by atoms with E-state index in [-0.39, 0.29) is 42.9 Å². The SMILES string of the molecule is O=C(CCCCCCCC(=O)c1cnc(N(CCO)CC(c2ccc(F)cc2)c2ccc(F)cc2)nc1)NO. The van der Waals surface area contributed by atoms with Gasteiger partial charge in [0.1, 0.15) is 11.6 Å². The number of hydrogen-bond donors (Lipinski definition) is 3. The lowest BCUT2D eigenvalue weighted by molar-refractivity contribution is -0.129. The Bertz CT molecular complexity index is 1130. The highest BCUT2D eigenvalue weighted by atomic mass is 19.1. The quantitative estimate of drug-likeness (QED) is 0.103. The van der Waals surface area contributed by atoms with E-state index in [4.69, 9.17) is 5.21 Å². The lowest BCUT2D eigenvalue weighted by atomic mass is 9.90. The largest absolute Gasteiger partial charge is 0.395 e. The van der Waals surface area contributed by atoms with Crippen LogP contribution in [0.3, 0.4) is 0 Å². The van der Waals surface area contributed by atoms with E-state index in [0.29, 0.717) is 37.3 Å². The van der Waals surface area contributed by atoms with Gasteiger partial charge in [-0.1, -0.05) is 43.5 Å². The van der Waals surface area contributed by atoms with Crippen LogP contribution in [0.2, 0.25) is 0 Å². The number of ketones is 1. The normalized spacial score (nSPS) is 11.0. The zero-order chi connectivity index (χ0) is 28.0. The van der Waals surface area contributed by atoms with Crippen molar-refractivity contribution in [2.24, 2.45) is 0 Å². The van der Waals surface area contributed by atoms with Crippen LogP contribution < -0.4 is 10.4 Å². The van der Waals surface area contributed by atoms with Crippen LogP contribution in [-0.2, 0) is 4.79 Å². The summed E-state index contributed by atoms with van der Waals surface area (Å²) in [4.78, 5) is 34.1. The molecule has 0 spiro atoms. The molecule has 39 heavy (non-hydrogen) atoms. The van der Waals surface area contributed by atoms with Crippen molar-refractivity contribution in [1.29, 1.82) is 0 Å². The fourth-order valence-electron chi connectivity index (χ4n) is 4.34. The average molecular weight is 541 g/mol. The number of aliphatic hydroxyl groups excluding tert-OH is 1. The average Bonchev–Trinajstić information content (AvgIpc) is 2.95. The molecule has 3 rings (SSSR count). The first-order valence-electron chi connectivity index (χ1n) is 13.1. The number of carbonyl (C=O) groups is 2. The number of rotatable bonds is 16. The van der Waals surface area contributed by atoms with Crippen molar-refractivity contribution >= 4 is 17.6 Å². The van der Waals surface area contributed by atoms with Gasteiger partial charge in [-0.15, -0.1) is 0 Å². The second kappa shape index (κ2) is 15.6. The van der Waals surface area contributed by atoms with Crippen LogP contribution in [0.5, 0.6) is 0 Å².